The number of aliphatic hydroxyl groups excluding tert-OH is 1. The number of aliphatic hydroxyl groups is 1. The van der Waals surface area contributed by atoms with E-state index in [-0.39, 0.29) is 71.7 Å². The van der Waals surface area contributed by atoms with Crippen LogP contribution in [0.3, 0.4) is 0 Å². The largest absolute Gasteiger partial charge is 0.464 e. The SMILES string of the molecule is CC(C)c1ccc2c(c1)CC[C@H]1[C@@](C)(C(=O)OCC(CO)(COC(=O)[C@@]3(C)CCC[C@]4(C)c5ccc(C(C)C)cc5CC[C@@H]34)COC(=O)[C@@]3(C)CCC[C@]4(C)c5ccc(C(C)C)cc5CC[C@@H]34)CCC[C@]21C. The molecule has 3 aromatic rings. The Balaban J connectivity index is 0.980. The summed E-state index contributed by atoms with van der Waals surface area (Å²) in [4.78, 5) is 45.0. The third-order valence-electron chi connectivity index (χ3n) is 21.4. The van der Waals surface area contributed by atoms with Crippen molar-refractivity contribution in [3.8, 4) is 0 Å². The molecule has 9 atom stereocenters. The van der Waals surface area contributed by atoms with E-state index in [1.807, 2.05) is 0 Å². The molecule has 0 heterocycles. The van der Waals surface area contributed by atoms with Crippen LogP contribution in [0.1, 0.15) is 228 Å². The molecule has 6 aliphatic rings. The lowest BCUT2D eigenvalue weighted by Gasteiger charge is -2.54. The van der Waals surface area contributed by atoms with Crippen LogP contribution in [-0.4, -0.2) is 49.4 Å². The zero-order valence-corrected chi connectivity index (χ0v) is 46.5. The number of carbonyl (C=O) groups excluding carboxylic acids is 3. The van der Waals surface area contributed by atoms with Crippen molar-refractivity contribution in [1.29, 1.82) is 0 Å². The molecule has 3 saturated carbocycles. The third kappa shape index (κ3) is 8.71. The van der Waals surface area contributed by atoms with E-state index in [9.17, 15) is 19.5 Å². The summed E-state index contributed by atoms with van der Waals surface area (Å²) in [5, 5.41) is 11.7. The Labute approximate surface area is 433 Å². The highest BCUT2D eigenvalue weighted by atomic mass is 16.6. The highest BCUT2D eigenvalue weighted by Gasteiger charge is 2.59. The minimum Gasteiger partial charge on any atom is -0.464 e. The lowest BCUT2D eigenvalue weighted by atomic mass is 9.49. The Morgan fingerprint density at radius 3 is 1.01 bits per heavy atom. The van der Waals surface area contributed by atoms with Crippen molar-refractivity contribution in [2.45, 2.75) is 213 Å². The van der Waals surface area contributed by atoms with Gasteiger partial charge in [0.15, 0.2) is 0 Å². The first-order valence-electron chi connectivity index (χ1n) is 28.5. The quantitative estimate of drug-likeness (QED) is 0.135. The lowest BCUT2D eigenvalue weighted by molar-refractivity contribution is -0.186. The second-order valence-electron chi connectivity index (χ2n) is 26.9. The van der Waals surface area contributed by atoms with Crippen molar-refractivity contribution in [2.75, 3.05) is 26.4 Å². The first-order valence-corrected chi connectivity index (χ1v) is 28.5. The summed E-state index contributed by atoms with van der Waals surface area (Å²) < 4.78 is 19.6. The summed E-state index contributed by atoms with van der Waals surface area (Å²) in [7, 11) is 0. The molecule has 0 amide bonds. The minimum atomic E-state index is -1.37. The van der Waals surface area contributed by atoms with Gasteiger partial charge in [0.05, 0.1) is 28.3 Å². The molecule has 3 fully saturated rings. The molecule has 0 saturated heterocycles. The van der Waals surface area contributed by atoms with Gasteiger partial charge in [0, 0.05) is 0 Å². The Kier molecular flexibility index (Phi) is 14.2. The number of esters is 3. The molecule has 3 aromatic carbocycles. The molecule has 0 unspecified atom stereocenters. The molecular formula is C65H90O7. The number of benzene rings is 3. The third-order valence-corrected chi connectivity index (χ3v) is 21.4. The van der Waals surface area contributed by atoms with Crippen LogP contribution in [0, 0.1) is 39.4 Å². The molecular weight excluding hydrogens is 893 g/mol. The van der Waals surface area contributed by atoms with Crippen LogP contribution in [0.25, 0.3) is 0 Å². The van der Waals surface area contributed by atoms with Crippen molar-refractivity contribution in [3.63, 3.8) is 0 Å². The van der Waals surface area contributed by atoms with Crippen LogP contribution in [0.2, 0.25) is 0 Å². The predicted molar refractivity (Wildman–Crippen MR) is 287 cm³/mol. The van der Waals surface area contributed by atoms with Gasteiger partial charge in [0.2, 0.25) is 0 Å². The minimum absolute atomic E-state index is 0.0686. The van der Waals surface area contributed by atoms with Crippen LogP contribution in [0.5, 0.6) is 0 Å². The number of hydrogen-bond acceptors (Lipinski definition) is 7. The van der Waals surface area contributed by atoms with Crippen molar-refractivity contribution < 1.29 is 33.7 Å². The van der Waals surface area contributed by atoms with Crippen LogP contribution < -0.4 is 0 Å². The van der Waals surface area contributed by atoms with Gasteiger partial charge in [-0.15, -0.1) is 0 Å². The summed E-state index contributed by atoms with van der Waals surface area (Å²) in [5.41, 5.74) is 8.08. The average molecular weight is 983 g/mol. The predicted octanol–water partition coefficient (Wildman–Crippen LogP) is 14.1. The highest BCUT2D eigenvalue weighted by Crippen LogP contribution is 2.61. The van der Waals surface area contributed by atoms with Crippen molar-refractivity contribution >= 4 is 17.9 Å². The molecule has 9 rings (SSSR count). The van der Waals surface area contributed by atoms with Gasteiger partial charge in [0.25, 0.3) is 0 Å². The van der Waals surface area contributed by atoms with E-state index >= 15 is 0 Å². The van der Waals surface area contributed by atoms with E-state index in [1.165, 1.54) is 50.1 Å². The summed E-state index contributed by atoms with van der Waals surface area (Å²) in [6.45, 7) is 25.6. The molecule has 0 aromatic heterocycles. The number of rotatable bonds is 13. The highest BCUT2D eigenvalue weighted by molar-refractivity contribution is 5.79. The first kappa shape index (κ1) is 52.9. The van der Waals surface area contributed by atoms with E-state index in [0.29, 0.717) is 37.0 Å². The second-order valence-corrected chi connectivity index (χ2v) is 26.9. The Bertz CT molecular complexity index is 2280. The van der Waals surface area contributed by atoms with Gasteiger partial charge in [-0.25, -0.2) is 0 Å². The zero-order valence-electron chi connectivity index (χ0n) is 46.5. The summed E-state index contributed by atoms with van der Waals surface area (Å²) in [6, 6.07) is 20.9. The Morgan fingerprint density at radius 1 is 0.486 bits per heavy atom. The number of carbonyl (C=O) groups is 3. The summed E-state index contributed by atoms with van der Waals surface area (Å²) in [5.74, 6) is 0.676. The fourth-order valence-corrected chi connectivity index (χ4v) is 16.8. The second kappa shape index (κ2) is 19.3. The Hall–Kier alpha value is -3.97. The maximum atomic E-state index is 15.0. The Morgan fingerprint density at radius 2 is 0.764 bits per heavy atom. The van der Waals surface area contributed by atoms with Gasteiger partial charge in [-0.3, -0.25) is 14.4 Å². The van der Waals surface area contributed by atoms with E-state index in [0.717, 1.165) is 77.0 Å². The fourth-order valence-electron chi connectivity index (χ4n) is 16.8. The fraction of sp³-hybridized carbons (Fsp3) is 0.677. The standard InChI is InChI=1S/C65H90O7/c1-41(2)44-16-22-50-47(34-44)19-25-53-59(50,7)28-13-31-62(53,10)56(67)70-38-65(37-66,39-71-57(68)63(11)32-14-29-60(8)51-23-17-45(42(3)4)35-48(51)20-26-54(60)63)40-72-58(69)64(12)33-15-30-61(9)52-24-18-46(43(5)6)36-49(52)21-27-55(61)64/h16-18,22-24,34-36,41-43,53-55,66H,13-15,19-21,25-33,37-40H2,1-12H3/t53-,54-,55-,59-,60-,61-,62+,63+,64+/m1/s1. The molecule has 0 spiro atoms. The lowest BCUT2D eigenvalue weighted by Crippen LogP contribution is -2.55. The topological polar surface area (TPSA) is 99.1 Å². The monoisotopic (exact) mass is 983 g/mol. The molecule has 0 aliphatic heterocycles. The molecule has 1 N–H and O–H groups in total. The maximum absolute atomic E-state index is 15.0. The van der Waals surface area contributed by atoms with Crippen LogP contribution >= 0.6 is 0 Å². The van der Waals surface area contributed by atoms with Crippen molar-refractivity contribution in [3.05, 3.63) is 105 Å². The van der Waals surface area contributed by atoms with Crippen LogP contribution in [0.4, 0.5) is 0 Å². The molecule has 72 heavy (non-hydrogen) atoms. The van der Waals surface area contributed by atoms with Gasteiger partial charge >= 0.3 is 17.9 Å². The summed E-state index contributed by atoms with van der Waals surface area (Å²) >= 11 is 0. The van der Waals surface area contributed by atoms with Crippen molar-refractivity contribution in [1.82, 2.24) is 0 Å². The zero-order chi connectivity index (χ0) is 51.8. The van der Waals surface area contributed by atoms with Gasteiger partial charge < -0.3 is 19.3 Å². The van der Waals surface area contributed by atoms with E-state index < -0.39 is 28.3 Å². The van der Waals surface area contributed by atoms with Gasteiger partial charge in [-0.05, 0) is 200 Å². The molecule has 7 nitrogen and oxygen atoms in total. The number of ether oxygens (including phenoxy) is 3. The molecule has 6 aliphatic carbocycles. The first-order chi connectivity index (χ1) is 34.0. The van der Waals surface area contributed by atoms with E-state index in [1.54, 1.807) is 0 Å². The number of hydrogen-bond donors (Lipinski definition) is 1. The smallest absolute Gasteiger partial charge is 0.312 e. The van der Waals surface area contributed by atoms with Crippen LogP contribution in [-0.2, 0) is 64.1 Å². The average Bonchev–Trinajstić information content (AvgIpc) is 3.35. The summed E-state index contributed by atoms with van der Waals surface area (Å²) in [6.07, 6.45) is 13.3. The normalized spacial score (nSPS) is 32.9. The molecule has 0 radical (unpaired) electrons. The molecule has 392 valence electrons. The van der Waals surface area contributed by atoms with Gasteiger partial charge in [-0.1, -0.05) is 136 Å². The molecule has 7 heteroatoms. The van der Waals surface area contributed by atoms with Gasteiger partial charge in [0.1, 0.15) is 19.8 Å². The van der Waals surface area contributed by atoms with Crippen molar-refractivity contribution in [2.24, 2.45) is 39.4 Å². The van der Waals surface area contributed by atoms with Gasteiger partial charge in [-0.2, -0.15) is 0 Å². The number of aryl methyl sites for hydroxylation is 3. The van der Waals surface area contributed by atoms with Crippen LogP contribution in [0.15, 0.2) is 54.6 Å². The van der Waals surface area contributed by atoms with E-state index in [2.05, 4.69) is 138 Å². The molecule has 0 bridgehead atoms. The number of fused-ring (bicyclic) bond motifs is 9. The maximum Gasteiger partial charge on any atom is 0.312 e. The van der Waals surface area contributed by atoms with E-state index in [4.69, 9.17) is 14.2 Å².